The van der Waals surface area contributed by atoms with Crippen molar-refractivity contribution in [2.75, 3.05) is 0 Å². The van der Waals surface area contributed by atoms with E-state index in [1.165, 1.54) is 11.1 Å². The van der Waals surface area contributed by atoms with Crippen LogP contribution in [0.15, 0.2) is 33.9 Å². The summed E-state index contributed by atoms with van der Waals surface area (Å²) in [6, 6.07) is 0. The van der Waals surface area contributed by atoms with Gasteiger partial charge in [-0.25, -0.2) is 0 Å². The minimum Gasteiger partial charge on any atom is -0.299 e. The highest BCUT2D eigenvalue weighted by atomic mass is 16.1. The highest BCUT2D eigenvalue weighted by Crippen LogP contribution is 2.73. The lowest BCUT2D eigenvalue weighted by Crippen LogP contribution is -2.44. The second kappa shape index (κ2) is 4.10. The molecule has 0 heterocycles. The number of hydrogen-bond donors (Lipinski definition) is 0. The molecular weight excluding hydrogens is 308 g/mol. The summed E-state index contributed by atoms with van der Waals surface area (Å²) in [6.45, 7) is 4.76. The van der Waals surface area contributed by atoms with Crippen molar-refractivity contribution in [1.82, 2.24) is 0 Å². The Hall–Kier alpha value is -1.44. The summed E-state index contributed by atoms with van der Waals surface area (Å²) in [5, 5.41) is 0. The van der Waals surface area contributed by atoms with Gasteiger partial charge in [-0.05, 0) is 55.1 Å². The molecule has 0 aromatic rings. The zero-order valence-corrected chi connectivity index (χ0v) is 15.3. The van der Waals surface area contributed by atoms with Gasteiger partial charge in [0.15, 0.2) is 0 Å². The van der Waals surface area contributed by atoms with Gasteiger partial charge in [0.2, 0.25) is 0 Å². The largest absolute Gasteiger partial charge is 0.299 e. The van der Waals surface area contributed by atoms with Crippen LogP contribution >= 0.6 is 0 Å². The van der Waals surface area contributed by atoms with Gasteiger partial charge in [0.25, 0.3) is 0 Å². The van der Waals surface area contributed by atoms with E-state index in [9.17, 15) is 9.59 Å². The van der Waals surface area contributed by atoms with Crippen molar-refractivity contribution < 1.29 is 9.59 Å². The van der Waals surface area contributed by atoms with Gasteiger partial charge in [-0.3, -0.25) is 9.59 Å². The molecule has 0 N–H and O–H groups in total. The van der Waals surface area contributed by atoms with Crippen LogP contribution < -0.4 is 0 Å². The van der Waals surface area contributed by atoms with Gasteiger partial charge in [-0.1, -0.05) is 36.6 Å². The van der Waals surface area contributed by atoms with E-state index in [-0.39, 0.29) is 16.2 Å². The molecule has 130 valence electrons. The second-order valence-corrected chi connectivity index (χ2v) is 9.91. The van der Waals surface area contributed by atoms with Crippen LogP contribution in [0.5, 0.6) is 0 Å². The van der Waals surface area contributed by atoms with Crippen LogP contribution in [0.4, 0.5) is 0 Å². The lowest BCUT2D eigenvalue weighted by molar-refractivity contribution is -0.127. The van der Waals surface area contributed by atoms with E-state index in [4.69, 9.17) is 0 Å². The minimum atomic E-state index is -0.169. The summed E-state index contributed by atoms with van der Waals surface area (Å²) in [5.74, 6) is 1.50. The third-order valence-electron chi connectivity index (χ3n) is 9.02. The van der Waals surface area contributed by atoms with Crippen LogP contribution in [-0.2, 0) is 9.59 Å². The van der Waals surface area contributed by atoms with Crippen molar-refractivity contribution in [1.29, 1.82) is 0 Å². The average Bonchev–Trinajstić information content (AvgIpc) is 3.27. The van der Waals surface area contributed by atoms with Crippen molar-refractivity contribution in [3.8, 4) is 0 Å². The topological polar surface area (TPSA) is 34.1 Å². The highest BCUT2D eigenvalue weighted by molar-refractivity contribution is 5.94. The van der Waals surface area contributed by atoms with E-state index in [2.05, 4.69) is 19.9 Å². The number of rotatable bonds is 0. The van der Waals surface area contributed by atoms with Crippen LogP contribution in [0.3, 0.4) is 0 Å². The van der Waals surface area contributed by atoms with Crippen molar-refractivity contribution in [3.63, 3.8) is 0 Å². The average molecular weight is 334 g/mol. The molecule has 4 atom stereocenters. The molecule has 2 nitrogen and oxygen atoms in total. The Morgan fingerprint density at radius 1 is 1.00 bits per heavy atom. The molecule has 0 amide bonds. The number of carbonyl (C=O) groups is 2. The van der Waals surface area contributed by atoms with E-state index in [1.54, 1.807) is 16.7 Å². The van der Waals surface area contributed by atoms with Gasteiger partial charge in [0.05, 0.1) is 5.41 Å². The Bertz CT molecular complexity index is 869. The quantitative estimate of drug-likeness (QED) is 0.593. The van der Waals surface area contributed by atoms with Crippen molar-refractivity contribution in [2.45, 2.75) is 71.6 Å². The Balaban J connectivity index is 1.55. The van der Waals surface area contributed by atoms with Crippen LogP contribution in [0.1, 0.15) is 71.6 Å². The molecule has 6 aliphatic carbocycles. The van der Waals surface area contributed by atoms with Gasteiger partial charge in [0.1, 0.15) is 11.6 Å². The van der Waals surface area contributed by atoms with Crippen molar-refractivity contribution >= 4 is 11.6 Å². The molecule has 0 radical (unpaired) electrons. The molecule has 0 aromatic carbocycles. The number of hydrogen-bond acceptors (Lipinski definition) is 2. The van der Waals surface area contributed by atoms with E-state index in [0.29, 0.717) is 23.9 Å². The first-order chi connectivity index (χ1) is 11.9. The summed E-state index contributed by atoms with van der Waals surface area (Å²) < 4.78 is 0. The van der Waals surface area contributed by atoms with E-state index in [1.807, 2.05) is 0 Å². The first-order valence-electron chi connectivity index (χ1n) is 10.1. The third-order valence-corrected chi connectivity index (χ3v) is 9.02. The zero-order chi connectivity index (χ0) is 17.2. The van der Waals surface area contributed by atoms with Crippen LogP contribution in [0.25, 0.3) is 0 Å². The van der Waals surface area contributed by atoms with Gasteiger partial charge < -0.3 is 0 Å². The fraction of sp³-hybridized carbons (Fsp3) is 0.652. The molecule has 0 aliphatic heterocycles. The number of Topliss-reactive ketones (excluding diaryl/α,β-unsaturated/α-hetero) is 2. The Labute approximate surface area is 149 Å². The smallest absolute Gasteiger partial charge is 0.143 e. The monoisotopic (exact) mass is 334 g/mol. The summed E-state index contributed by atoms with van der Waals surface area (Å²) in [4.78, 5) is 25.2. The molecule has 0 bridgehead atoms. The van der Waals surface area contributed by atoms with E-state index >= 15 is 0 Å². The van der Waals surface area contributed by atoms with Crippen LogP contribution in [-0.4, -0.2) is 11.6 Å². The summed E-state index contributed by atoms with van der Waals surface area (Å²) in [7, 11) is 0. The highest BCUT2D eigenvalue weighted by Gasteiger charge is 2.66. The second-order valence-electron chi connectivity index (χ2n) is 9.91. The predicted molar refractivity (Wildman–Crippen MR) is 95.8 cm³/mol. The lowest BCUT2D eigenvalue weighted by atomic mass is 9.53. The Morgan fingerprint density at radius 2 is 1.84 bits per heavy atom. The maximum absolute atomic E-state index is 13.1. The van der Waals surface area contributed by atoms with Crippen LogP contribution in [0, 0.1) is 22.2 Å². The summed E-state index contributed by atoms with van der Waals surface area (Å²) in [5.41, 5.74) is 7.76. The first kappa shape index (κ1) is 14.7. The molecule has 3 saturated carbocycles. The molecular formula is C23H26O2. The maximum Gasteiger partial charge on any atom is 0.143 e. The van der Waals surface area contributed by atoms with E-state index < -0.39 is 0 Å². The lowest BCUT2D eigenvalue weighted by Gasteiger charge is -2.50. The minimum absolute atomic E-state index is 0.106. The first-order valence-corrected chi connectivity index (χ1v) is 10.1. The van der Waals surface area contributed by atoms with Gasteiger partial charge >= 0.3 is 0 Å². The van der Waals surface area contributed by atoms with Crippen molar-refractivity contribution in [3.05, 3.63) is 33.9 Å². The Kier molecular flexibility index (Phi) is 2.41. The number of carbonyl (C=O) groups excluding carboxylic acids is 2. The van der Waals surface area contributed by atoms with Crippen molar-refractivity contribution in [2.24, 2.45) is 22.2 Å². The van der Waals surface area contributed by atoms with Gasteiger partial charge in [-0.15, -0.1) is 0 Å². The predicted octanol–water partition coefficient (Wildman–Crippen LogP) is 4.85. The maximum atomic E-state index is 13.1. The SMILES string of the molecule is CC12CCC(=O)CC1=C1CC1C1=C2CCC23C(=O)CC[C@]2(C)CC=C13. The molecule has 1 spiro atoms. The molecule has 3 fully saturated rings. The van der Waals surface area contributed by atoms with Crippen LogP contribution in [0.2, 0.25) is 0 Å². The normalized spacial score (nSPS) is 47.1. The molecule has 2 heteroatoms. The number of allylic oxidation sites excluding steroid dienone is 6. The number of fused-ring (bicyclic) bond motifs is 5. The molecule has 0 saturated heterocycles. The third kappa shape index (κ3) is 1.43. The number of ketones is 2. The zero-order valence-electron chi connectivity index (χ0n) is 15.3. The fourth-order valence-corrected chi connectivity index (χ4v) is 7.50. The summed E-state index contributed by atoms with van der Waals surface area (Å²) >= 11 is 0. The molecule has 6 rings (SSSR count). The molecule has 6 aliphatic rings. The fourth-order valence-electron chi connectivity index (χ4n) is 7.50. The molecule has 0 aromatic heterocycles. The molecule has 25 heavy (non-hydrogen) atoms. The van der Waals surface area contributed by atoms with Gasteiger partial charge in [-0.2, -0.15) is 0 Å². The van der Waals surface area contributed by atoms with Gasteiger partial charge in [0, 0.05) is 30.6 Å². The Morgan fingerprint density at radius 3 is 2.68 bits per heavy atom. The standard InChI is InChI=1S/C23H26O2/c1-21-7-4-17-20-15-12-14(15)18-11-13(24)3-9-22(18,2)16(20)5-10-23(17,21)19(25)6-8-21/h4,15H,3,5-12H2,1-2H3/t15?,21-,22?,23?/m0/s1. The molecule has 3 unspecified atom stereocenters. The summed E-state index contributed by atoms with van der Waals surface area (Å²) in [6.07, 6.45) is 11.0. The van der Waals surface area contributed by atoms with E-state index in [0.717, 1.165) is 51.4 Å².